The Morgan fingerprint density at radius 3 is 2.09 bits per heavy atom. The summed E-state index contributed by atoms with van der Waals surface area (Å²) in [5.41, 5.74) is 7.52. The summed E-state index contributed by atoms with van der Waals surface area (Å²) in [6.07, 6.45) is 1.86. The molecule has 0 radical (unpaired) electrons. The van der Waals surface area contributed by atoms with E-state index in [0.717, 1.165) is 5.69 Å². The average molecular weight is 301 g/mol. The molecule has 23 heavy (non-hydrogen) atoms. The molecule has 1 nitrogen and oxygen atoms in total. The van der Waals surface area contributed by atoms with Gasteiger partial charge in [-0.1, -0.05) is 57.2 Å². The summed E-state index contributed by atoms with van der Waals surface area (Å²) in [5.74, 6) is 0. The zero-order valence-electron chi connectivity index (χ0n) is 14.3. The van der Waals surface area contributed by atoms with E-state index in [4.69, 9.17) is 0 Å². The first-order valence-corrected chi connectivity index (χ1v) is 8.09. The fourth-order valence-corrected chi connectivity index (χ4v) is 2.99. The van der Waals surface area contributed by atoms with Gasteiger partial charge in [0.25, 0.3) is 0 Å². The van der Waals surface area contributed by atoms with E-state index in [1.54, 1.807) is 0 Å². The lowest BCUT2D eigenvalue weighted by atomic mass is 9.80. The van der Waals surface area contributed by atoms with Crippen molar-refractivity contribution in [3.8, 4) is 22.4 Å². The molecule has 1 aromatic heterocycles. The van der Waals surface area contributed by atoms with Crippen LogP contribution in [-0.4, -0.2) is 4.98 Å². The fraction of sp³-hybridized carbons (Fsp3) is 0.227. The lowest BCUT2D eigenvalue weighted by Gasteiger charge is -2.25. The molecule has 1 heterocycles. The molecule has 0 amide bonds. The van der Waals surface area contributed by atoms with Crippen LogP contribution in [0, 0.1) is 6.92 Å². The monoisotopic (exact) mass is 301 g/mol. The van der Waals surface area contributed by atoms with Crippen molar-refractivity contribution in [1.82, 2.24) is 4.98 Å². The molecule has 0 bridgehead atoms. The van der Waals surface area contributed by atoms with Crippen molar-refractivity contribution >= 4 is 0 Å². The second kappa shape index (κ2) is 6.00. The normalized spacial score (nSPS) is 11.5. The first-order valence-electron chi connectivity index (χ1n) is 8.09. The summed E-state index contributed by atoms with van der Waals surface area (Å²) in [6.45, 7) is 8.97. The summed E-state index contributed by atoms with van der Waals surface area (Å²) < 4.78 is 0. The van der Waals surface area contributed by atoms with Gasteiger partial charge in [0.1, 0.15) is 0 Å². The van der Waals surface area contributed by atoms with Gasteiger partial charge in [0.2, 0.25) is 0 Å². The van der Waals surface area contributed by atoms with Crippen LogP contribution in [0.3, 0.4) is 0 Å². The van der Waals surface area contributed by atoms with Gasteiger partial charge < -0.3 is 0 Å². The molecule has 3 aromatic rings. The lowest BCUT2D eigenvalue weighted by Crippen LogP contribution is -2.13. The van der Waals surface area contributed by atoms with Crippen molar-refractivity contribution in [3.05, 3.63) is 78.0 Å². The molecule has 0 fully saturated rings. The Morgan fingerprint density at radius 2 is 1.48 bits per heavy atom. The molecular formula is C22H23N. The Kier molecular flexibility index (Phi) is 4.04. The van der Waals surface area contributed by atoms with Crippen LogP contribution in [0.5, 0.6) is 0 Å². The maximum Gasteiger partial charge on any atom is 0.0705 e. The highest BCUT2D eigenvalue weighted by Gasteiger charge is 2.21. The van der Waals surface area contributed by atoms with E-state index in [2.05, 4.69) is 87.3 Å². The van der Waals surface area contributed by atoms with Crippen LogP contribution in [0.2, 0.25) is 0 Å². The second-order valence-electron chi connectivity index (χ2n) is 7.04. The summed E-state index contributed by atoms with van der Waals surface area (Å²) >= 11 is 0. The standard InChI is InChI=1S/C22H23N/c1-16-14-19(21-12-8-9-13-23-21)20(22(2,3)4)15-18(16)17-10-6-5-7-11-17/h5-15H,1-4H3. The minimum atomic E-state index is 0.0596. The maximum absolute atomic E-state index is 4.57. The summed E-state index contributed by atoms with van der Waals surface area (Å²) in [4.78, 5) is 4.57. The van der Waals surface area contributed by atoms with Crippen molar-refractivity contribution in [1.29, 1.82) is 0 Å². The van der Waals surface area contributed by atoms with Crippen molar-refractivity contribution in [2.75, 3.05) is 0 Å². The fourth-order valence-electron chi connectivity index (χ4n) is 2.99. The largest absolute Gasteiger partial charge is 0.256 e. The van der Waals surface area contributed by atoms with Crippen molar-refractivity contribution < 1.29 is 0 Å². The van der Waals surface area contributed by atoms with Gasteiger partial charge in [-0.05, 0) is 58.9 Å². The van der Waals surface area contributed by atoms with Crippen LogP contribution in [0.15, 0.2) is 66.9 Å². The molecule has 3 rings (SSSR count). The van der Waals surface area contributed by atoms with E-state index in [9.17, 15) is 0 Å². The van der Waals surface area contributed by atoms with Crippen LogP contribution in [0.4, 0.5) is 0 Å². The van der Waals surface area contributed by atoms with Gasteiger partial charge in [-0.2, -0.15) is 0 Å². The van der Waals surface area contributed by atoms with Crippen LogP contribution >= 0.6 is 0 Å². The van der Waals surface area contributed by atoms with Crippen molar-refractivity contribution in [3.63, 3.8) is 0 Å². The Morgan fingerprint density at radius 1 is 0.783 bits per heavy atom. The zero-order chi connectivity index (χ0) is 16.4. The van der Waals surface area contributed by atoms with Gasteiger partial charge >= 0.3 is 0 Å². The smallest absolute Gasteiger partial charge is 0.0705 e. The second-order valence-corrected chi connectivity index (χ2v) is 7.04. The molecule has 0 saturated carbocycles. The van der Waals surface area contributed by atoms with Crippen molar-refractivity contribution in [2.45, 2.75) is 33.1 Å². The third-order valence-corrected chi connectivity index (χ3v) is 4.20. The van der Waals surface area contributed by atoms with Crippen LogP contribution in [0.25, 0.3) is 22.4 Å². The number of aryl methyl sites for hydroxylation is 1. The minimum absolute atomic E-state index is 0.0596. The predicted molar refractivity (Wildman–Crippen MR) is 98.5 cm³/mol. The highest BCUT2D eigenvalue weighted by molar-refractivity contribution is 5.76. The van der Waals surface area contributed by atoms with Crippen LogP contribution in [0.1, 0.15) is 31.9 Å². The SMILES string of the molecule is Cc1cc(-c2ccccn2)c(C(C)(C)C)cc1-c1ccccc1. The van der Waals surface area contributed by atoms with Gasteiger partial charge in [-0.25, -0.2) is 0 Å². The molecule has 116 valence electrons. The average Bonchev–Trinajstić information content (AvgIpc) is 2.55. The Balaban J connectivity index is 2.25. The topological polar surface area (TPSA) is 12.9 Å². The van der Waals surface area contributed by atoms with E-state index in [0.29, 0.717) is 0 Å². The molecule has 1 heteroatoms. The summed E-state index contributed by atoms with van der Waals surface area (Å²) in [7, 11) is 0. The Labute approximate surface area is 139 Å². The number of hydrogen-bond donors (Lipinski definition) is 0. The molecule has 0 aliphatic heterocycles. The maximum atomic E-state index is 4.57. The number of hydrogen-bond acceptors (Lipinski definition) is 1. The van der Waals surface area contributed by atoms with Crippen molar-refractivity contribution in [2.24, 2.45) is 0 Å². The molecule has 0 N–H and O–H groups in total. The molecule has 0 aliphatic carbocycles. The number of rotatable bonds is 2. The number of benzene rings is 2. The van der Waals surface area contributed by atoms with Crippen LogP contribution < -0.4 is 0 Å². The molecule has 0 unspecified atom stereocenters. The van der Waals surface area contributed by atoms with E-state index in [1.807, 2.05) is 12.3 Å². The van der Waals surface area contributed by atoms with E-state index >= 15 is 0 Å². The Bertz CT molecular complexity index is 797. The molecule has 0 aliphatic rings. The van der Waals surface area contributed by atoms with Gasteiger partial charge in [0.15, 0.2) is 0 Å². The minimum Gasteiger partial charge on any atom is -0.256 e. The van der Waals surface area contributed by atoms with Gasteiger partial charge in [-0.15, -0.1) is 0 Å². The highest BCUT2D eigenvalue weighted by atomic mass is 14.7. The van der Waals surface area contributed by atoms with E-state index in [-0.39, 0.29) is 5.41 Å². The number of pyridine rings is 1. The first kappa shape index (κ1) is 15.5. The highest BCUT2D eigenvalue weighted by Crippen LogP contribution is 2.37. The summed E-state index contributed by atoms with van der Waals surface area (Å²) in [5, 5.41) is 0. The van der Waals surface area contributed by atoms with Crippen LogP contribution in [-0.2, 0) is 5.41 Å². The number of aromatic nitrogens is 1. The Hall–Kier alpha value is -2.41. The number of nitrogens with zero attached hydrogens (tertiary/aromatic N) is 1. The zero-order valence-corrected chi connectivity index (χ0v) is 14.3. The first-order chi connectivity index (χ1) is 11.0. The molecule has 0 saturated heterocycles. The molecule has 0 atom stereocenters. The third kappa shape index (κ3) is 3.19. The van der Waals surface area contributed by atoms with E-state index < -0.39 is 0 Å². The molecule has 2 aromatic carbocycles. The quantitative estimate of drug-likeness (QED) is 0.564. The third-order valence-electron chi connectivity index (χ3n) is 4.20. The van der Waals surface area contributed by atoms with Gasteiger partial charge in [0.05, 0.1) is 5.69 Å². The van der Waals surface area contributed by atoms with E-state index in [1.165, 1.54) is 27.8 Å². The molecule has 0 spiro atoms. The lowest BCUT2D eigenvalue weighted by molar-refractivity contribution is 0.592. The molecular weight excluding hydrogens is 278 g/mol. The summed E-state index contributed by atoms with van der Waals surface area (Å²) in [6, 6.07) is 21.3. The van der Waals surface area contributed by atoms with Gasteiger partial charge in [0, 0.05) is 11.8 Å². The van der Waals surface area contributed by atoms with Gasteiger partial charge in [-0.3, -0.25) is 4.98 Å². The predicted octanol–water partition coefficient (Wildman–Crippen LogP) is 6.02.